The first-order valence-electron chi connectivity index (χ1n) is 9.79. The first-order chi connectivity index (χ1) is 15.1. The third-order valence-corrected chi connectivity index (χ3v) is 5.03. The minimum absolute atomic E-state index is 0.0103. The highest BCUT2D eigenvalue weighted by molar-refractivity contribution is 6.00. The van der Waals surface area contributed by atoms with Gasteiger partial charge in [0.05, 0.1) is 0 Å². The molecule has 2 unspecified atom stereocenters. The third kappa shape index (κ3) is 6.81. The van der Waals surface area contributed by atoms with Gasteiger partial charge in [0.2, 0.25) is 5.91 Å². The quantitative estimate of drug-likeness (QED) is 0.219. The fraction of sp³-hybridized carbons (Fsp3) is 0.318. The molecule has 2 amide bonds. The van der Waals surface area contributed by atoms with Crippen molar-refractivity contribution in [2.45, 2.75) is 32.5 Å². The van der Waals surface area contributed by atoms with Crippen LogP contribution >= 0.6 is 0 Å². The van der Waals surface area contributed by atoms with Crippen molar-refractivity contribution in [2.75, 3.05) is 0 Å². The normalized spacial score (nSPS) is 13.2. The fourth-order valence-corrected chi connectivity index (χ4v) is 3.28. The van der Waals surface area contributed by atoms with Crippen LogP contribution < -0.4 is 16.0 Å². The summed E-state index contributed by atoms with van der Waals surface area (Å²) in [5.74, 6) is -4.03. The lowest BCUT2D eigenvalue weighted by atomic mass is 9.87. The van der Waals surface area contributed by atoms with Gasteiger partial charge in [0.15, 0.2) is 5.78 Å². The summed E-state index contributed by atoms with van der Waals surface area (Å²) in [5, 5.41) is 8.72. The number of amides is 2. The molecule has 2 rings (SSSR count). The molecule has 0 aliphatic rings. The topological polar surface area (TPSA) is 119 Å². The van der Waals surface area contributed by atoms with E-state index in [4.69, 9.17) is 10.9 Å². The molecule has 2 aromatic rings. The van der Waals surface area contributed by atoms with E-state index in [9.17, 15) is 27.6 Å². The van der Waals surface area contributed by atoms with Crippen molar-refractivity contribution in [1.29, 1.82) is 0 Å². The average Bonchev–Trinajstić information content (AvgIpc) is 2.75. The van der Waals surface area contributed by atoms with Gasteiger partial charge in [0, 0.05) is 11.5 Å². The van der Waals surface area contributed by atoms with Crippen molar-refractivity contribution >= 4 is 17.6 Å². The maximum Gasteiger partial charge on any atom is 0.573 e. The van der Waals surface area contributed by atoms with Crippen LogP contribution in [-0.4, -0.2) is 29.2 Å². The number of hydroxylamine groups is 1. The van der Waals surface area contributed by atoms with E-state index < -0.39 is 30.0 Å². The van der Waals surface area contributed by atoms with E-state index in [1.165, 1.54) is 29.7 Å². The molecule has 0 heterocycles. The largest absolute Gasteiger partial charge is 0.573 e. The smallest absolute Gasteiger partial charge is 0.406 e. The minimum atomic E-state index is -4.77. The van der Waals surface area contributed by atoms with Gasteiger partial charge < -0.3 is 10.5 Å². The summed E-state index contributed by atoms with van der Waals surface area (Å²) < 4.78 is 40.6. The molecule has 0 fully saturated rings. The average molecular weight is 452 g/mol. The molecule has 7 nitrogen and oxygen atoms in total. The molecule has 0 spiro atoms. The van der Waals surface area contributed by atoms with Gasteiger partial charge in [-0.2, -0.15) is 0 Å². The summed E-state index contributed by atoms with van der Waals surface area (Å²) in [6, 6.07) is 11.9. The molecule has 4 N–H and O–H groups in total. The van der Waals surface area contributed by atoms with Gasteiger partial charge in [0.25, 0.3) is 5.91 Å². The summed E-state index contributed by atoms with van der Waals surface area (Å²) in [6.45, 7) is 1.80. The van der Waals surface area contributed by atoms with E-state index in [2.05, 4.69) is 4.74 Å². The monoisotopic (exact) mass is 452 g/mol. The number of hydrogen-bond donors (Lipinski definition) is 3. The Hall–Kier alpha value is -3.40. The number of ketones is 1. The van der Waals surface area contributed by atoms with Gasteiger partial charge in [0.1, 0.15) is 11.7 Å². The lowest BCUT2D eigenvalue weighted by Gasteiger charge is -2.17. The highest BCUT2D eigenvalue weighted by atomic mass is 19.4. The molecule has 0 aliphatic heterocycles. The summed E-state index contributed by atoms with van der Waals surface area (Å²) in [5.41, 5.74) is 8.33. The van der Waals surface area contributed by atoms with Gasteiger partial charge >= 0.3 is 6.36 Å². The van der Waals surface area contributed by atoms with Crippen LogP contribution in [0.5, 0.6) is 5.75 Å². The number of carbonyl (C=O) groups is 3. The second-order valence-corrected chi connectivity index (χ2v) is 7.13. The van der Waals surface area contributed by atoms with Crippen molar-refractivity contribution in [3.8, 4) is 16.9 Å². The predicted octanol–water partition coefficient (Wildman–Crippen LogP) is 3.85. The van der Waals surface area contributed by atoms with Crippen LogP contribution in [0.15, 0.2) is 48.5 Å². The molecule has 0 saturated carbocycles. The van der Waals surface area contributed by atoms with Gasteiger partial charge in [-0.3, -0.25) is 19.6 Å². The van der Waals surface area contributed by atoms with Crippen LogP contribution in [0.25, 0.3) is 11.1 Å². The summed E-state index contributed by atoms with van der Waals surface area (Å²) in [6.07, 6.45) is -4.07. The van der Waals surface area contributed by atoms with Crippen LogP contribution in [0, 0.1) is 11.8 Å². The molecule has 2 aromatic carbocycles. The molecule has 0 aromatic heterocycles. The first-order valence-corrected chi connectivity index (χ1v) is 9.79. The van der Waals surface area contributed by atoms with Gasteiger partial charge in [-0.15, -0.1) is 13.2 Å². The Morgan fingerprint density at radius 3 is 1.97 bits per heavy atom. The van der Waals surface area contributed by atoms with Crippen molar-refractivity contribution in [3.63, 3.8) is 0 Å². The highest BCUT2D eigenvalue weighted by Gasteiger charge is 2.31. The Labute approximate surface area is 182 Å². The van der Waals surface area contributed by atoms with Crippen molar-refractivity contribution in [2.24, 2.45) is 17.6 Å². The molecular weight excluding hydrogens is 429 g/mol. The first kappa shape index (κ1) is 24.9. The zero-order valence-electron chi connectivity index (χ0n) is 17.2. The lowest BCUT2D eigenvalue weighted by Crippen LogP contribution is -2.37. The maximum absolute atomic E-state index is 12.8. The van der Waals surface area contributed by atoms with Crippen molar-refractivity contribution in [1.82, 2.24) is 5.48 Å². The summed E-state index contributed by atoms with van der Waals surface area (Å²) in [4.78, 5) is 35.8. The zero-order valence-corrected chi connectivity index (χ0v) is 17.2. The van der Waals surface area contributed by atoms with Gasteiger partial charge in [-0.1, -0.05) is 43.3 Å². The predicted molar refractivity (Wildman–Crippen MR) is 109 cm³/mol. The number of alkyl halides is 3. The van der Waals surface area contributed by atoms with Crippen LogP contribution in [0.4, 0.5) is 13.2 Å². The molecule has 172 valence electrons. The van der Waals surface area contributed by atoms with E-state index in [-0.39, 0.29) is 24.4 Å². The number of benzene rings is 2. The van der Waals surface area contributed by atoms with Crippen LogP contribution in [0.1, 0.15) is 36.5 Å². The molecule has 10 heteroatoms. The van der Waals surface area contributed by atoms with Gasteiger partial charge in [-0.25, -0.2) is 5.48 Å². The van der Waals surface area contributed by atoms with Crippen LogP contribution in [-0.2, 0) is 9.59 Å². The fourth-order valence-electron chi connectivity index (χ4n) is 3.28. The molecular formula is C22H23F3N2O5. The lowest BCUT2D eigenvalue weighted by molar-refractivity contribution is -0.274. The Morgan fingerprint density at radius 2 is 1.53 bits per heavy atom. The zero-order chi connectivity index (χ0) is 23.9. The van der Waals surface area contributed by atoms with E-state index in [1.807, 2.05) is 0 Å². The van der Waals surface area contributed by atoms with E-state index in [0.29, 0.717) is 23.1 Å². The maximum atomic E-state index is 12.8. The third-order valence-electron chi connectivity index (χ3n) is 5.03. The van der Waals surface area contributed by atoms with Crippen LogP contribution in [0.2, 0.25) is 0 Å². The molecule has 2 atom stereocenters. The number of rotatable bonds is 10. The highest BCUT2D eigenvalue weighted by Crippen LogP contribution is 2.27. The summed E-state index contributed by atoms with van der Waals surface area (Å²) in [7, 11) is 0. The second kappa shape index (κ2) is 10.8. The molecule has 0 radical (unpaired) electrons. The number of hydrogen-bond acceptors (Lipinski definition) is 5. The molecule has 32 heavy (non-hydrogen) atoms. The molecule has 0 saturated heterocycles. The number of Topliss-reactive ketones (excluding diaryl/α,β-unsaturated/α-hetero) is 1. The van der Waals surface area contributed by atoms with Crippen LogP contribution in [0.3, 0.4) is 0 Å². The molecule has 0 aliphatic carbocycles. The second-order valence-electron chi connectivity index (χ2n) is 7.13. The minimum Gasteiger partial charge on any atom is -0.406 e. The number of nitrogens with two attached hydrogens (primary N) is 1. The Balaban J connectivity index is 2.07. The SMILES string of the molecule is CCC(CCC(C(N)=O)C(=O)NO)C(=O)c1ccc(-c2ccc(OC(F)(F)F)cc2)cc1. The molecule has 0 bridgehead atoms. The Morgan fingerprint density at radius 1 is 1.00 bits per heavy atom. The number of halogens is 3. The summed E-state index contributed by atoms with van der Waals surface area (Å²) >= 11 is 0. The standard InChI is InChI=1S/C22H23F3N2O5/c1-2-13(9-12-18(20(26)29)21(30)27-31)19(28)16-5-3-14(4-6-16)15-7-10-17(11-8-15)32-22(23,24)25/h3-8,10-11,13,18,31H,2,9,12H2,1H3,(H2,26,29)(H,27,30). The van der Waals surface area contributed by atoms with E-state index >= 15 is 0 Å². The number of primary amides is 1. The Bertz CT molecular complexity index is 944. The number of nitrogens with one attached hydrogen (secondary N) is 1. The van der Waals surface area contributed by atoms with Crippen molar-refractivity contribution in [3.05, 3.63) is 54.1 Å². The van der Waals surface area contributed by atoms with Gasteiger partial charge in [-0.05, 0) is 42.5 Å². The Kier molecular flexibility index (Phi) is 8.36. The number of carbonyl (C=O) groups excluding carboxylic acids is 3. The number of ether oxygens (including phenoxy) is 1. The van der Waals surface area contributed by atoms with E-state index in [1.54, 1.807) is 31.2 Å². The van der Waals surface area contributed by atoms with Crippen molar-refractivity contribution < 1.29 is 37.5 Å². The van der Waals surface area contributed by atoms with E-state index in [0.717, 1.165) is 0 Å².